The van der Waals surface area contributed by atoms with Crippen LogP contribution in [0.5, 0.6) is 11.5 Å². The van der Waals surface area contributed by atoms with Crippen LogP contribution in [0.1, 0.15) is 10.5 Å². The highest BCUT2D eigenvalue weighted by Crippen LogP contribution is 2.28. The molecule has 4 rings (SSSR count). The van der Waals surface area contributed by atoms with Gasteiger partial charge in [0, 0.05) is 64.5 Å². The van der Waals surface area contributed by atoms with E-state index in [0.29, 0.717) is 24.7 Å². The summed E-state index contributed by atoms with van der Waals surface area (Å²) in [6, 6.07) is 17.2. The van der Waals surface area contributed by atoms with Gasteiger partial charge >= 0.3 is 0 Å². The van der Waals surface area contributed by atoms with Gasteiger partial charge in [0.05, 0.1) is 17.6 Å². The van der Waals surface area contributed by atoms with Crippen LogP contribution in [-0.2, 0) is 11.8 Å². The molecule has 1 amide bonds. The minimum Gasteiger partial charge on any atom is -0.457 e. The standard InChI is InChI=1S/C25H28N6O3/c1-30(2)18-7-5-17(6-8-18)28-25-29-21-15-19(9-10-23(21)31(25)3)34-20-11-12-26-22(16-20)24(32)27-13-14-33-4/h5-12,15-16H,13-14H2,1-4H3,(H,27,32)(H,28,29). The maximum absolute atomic E-state index is 12.2. The molecule has 2 aromatic heterocycles. The lowest BCUT2D eigenvalue weighted by Gasteiger charge is -2.13. The number of pyridine rings is 1. The van der Waals surface area contributed by atoms with Gasteiger partial charge in [-0.05, 0) is 42.5 Å². The zero-order valence-electron chi connectivity index (χ0n) is 19.7. The first kappa shape index (κ1) is 23.1. The number of hydrogen-bond acceptors (Lipinski definition) is 7. The van der Waals surface area contributed by atoms with Crippen LogP contribution in [0.4, 0.5) is 17.3 Å². The third-order valence-corrected chi connectivity index (χ3v) is 5.28. The molecular weight excluding hydrogens is 432 g/mol. The van der Waals surface area contributed by atoms with Crippen LogP contribution in [0.2, 0.25) is 0 Å². The summed E-state index contributed by atoms with van der Waals surface area (Å²) < 4.78 is 12.9. The Morgan fingerprint density at radius 3 is 2.56 bits per heavy atom. The summed E-state index contributed by atoms with van der Waals surface area (Å²) in [5.41, 5.74) is 4.11. The molecule has 34 heavy (non-hydrogen) atoms. The number of benzene rings is 2. The molecule has 2 N–H and O–H groups in total. The predicted octanol–water partition coefficient (Wildman–Crippen LogP) is 3.95. The van der Waals surface area contributed by atoms with Gasteiger partial charge in [0.2, 0.25) is 5.95 Å². The number of aryl methyl sites for hydroxylation is 1. The SMILES string of the molecule is COCCNC(=O)c1cc(Oc2ccc3c(c2)nc(Nc2ccc(N(C)C)cc2)n3C)ccn1. The molecule has 0 radical (unpaired) electrons. The van der Waals surface area contributed by atoms with Crippen molar-refractivity contribution < 1.29 is 14.3 Å². The third-order valence-electron chi connectivity index (χ3n) is 5.28. The Bertz CT molecular complexity index is 1280. The van der Waals surface area contributed by atoms with E-state index in [1.165, 1.54) is 0 Å². The van der Waals surface area contributed by atoms with Crippen LogP contribution in [0.25, 0.3) is 11.0 Å². The van der Waals surface area contributed by atoms with E-state index in [1.54, 1.807) is 25.4 Å². The molecule has 0 saturated carbocycles. The molecule has 0 aliphatic carbocycles. The average molecular weight is 461 g/mol. The van der Waals surface area contributed by atoms with E-state index in [4.69, 9.17) is 14.5 Å². The van der Waals surface area contributed by atoms with Crippen molar-refractivity contribution in [2.45, 2.75) is 0 Å². The maximum Gasteiger partial charge on any atom is 0.270 e. The molecule has 176 valence electrons. The lowest BCUT2D eigenvalue weighted by atomic mass is 10.2. The van der Waals surface area contributed by atoms with Crippen molar-refractivity contribution in [2.24, 2.45) is 7.05 Å². The van der Waals surface area contributed by atoms with Gasteiger partial charge in [0.1, 0.15) is 17.2 Å². The molecule has 0 bridgehead atoms. The number of methoxy groups -OCH3 is 1. The number of nitrogens with zero attached hydrogens (tertiary/aromatic N) is 4. The Morgan fingerprint density at radius 1 is 1.06 bits per heavy atom. The van der Waals surface area contributed by atoms with Crippen molar-refractivity contribution in [1.29, 1.82) is 0 Å². The summed E-state index contributed by atoms with van der Waals surface area (Å²) in [7, 11) is 7.57. The van der Waals surface area contributed by atoms with Crippen molar-refractivity contribution in [3.05, 3.63) is 66.5 Å². The molecular formula is C25H28N6O3. The number of imidazole rings is 1. The second-order valence-corrected chi connectivity index (χ2v) is 7.94. The Labute approximate surface area is 198 Å². The summed E-state index contributed by atoms with van der Waals surface area (Å²) in [4.78, 5) is 23.1. The van der Waals surface area contributed by atoms with E-state index >= 15 is 0 Å². The summed E-state index contributed by atoms with van der Waals surface area (Å²) in [5, 5.41) is 6.12. The number of fused-ring (bicyclic) bond motifs is 1. The van der Waals surface area contributed by atoms with Crippen molar-refractivity contribution in [3.8, 4) is 11.5 Å². The van der Waals surface area contributed by atoms with E-state index in [1.807, 2.05) is 56.0 Å². The first-order chi connectivity index (χ1) is 16.4. The first-order valence-electron chi connectivity index (χ1n) is 10.9. The third kappa shape index (κ3) is 5.26. The maximum atomic E-state index is 12.2. The number of ether oxygens (including phenoxy) is 2. The smallest absolute Gasteiger partial charge is 0.270 e. The van der Waals surface area contributed by atoms with Gasteiger partial charge in [-0.25, -0.2) is 4.98 Å². The van der Waals surface area contributed by atoms with Crippen molar-refractivity contribution in [2.75, 3.05) is 44.6 Å². The quantitative estimate of drug-likeness (QED) is 0.365. The molecule has 2 heterocycles. The van der Waals surface area contributed by atoms with Crippen LogP contribution in [0, 0.1) is 0 Å². The summed E-state index contributed by atoms with van der Waals surface area (Å²) in [6.07, 6.45) is 1.55. The molecule has 0 saturated heterocycles. The molecule has 0 atom stereocenters. The monoisotopic (exact) mass is 460 g/mol. The number of carbonyl (C=O) groups is 1. The van der Waals surface area contributed by atoms with Crippen LogP contribution < -0.4 is 20.3 Å². The molecule has 9 heteroatoms. The lowest BCUT2D eigenvalue weighted by molar-refractivity contribution is 0.0932. The summed E-state index contributed by atoms with van der Waals surface area (Å²) >= 11 is 0. The minimum absolute atomic E-state index is 0.277. The number of anilines is 3. The van der Waals surface area contributed by atoms with Crippen molar-refractivity contribution >= 4 is 34.3 Å². The Morgan fingerprint density at radius 2 is 1.82 bits per heavy atom. The summed E-state index contributed by atoms with van der Waals surface area (Å²) in [5.74, 6) is 1.58. The van der Waals surface area contributed by atoms with Gasteiger partial charge in [-0.1, -0.05) is 0 Å². The average Bonchev–Trinajstić information content (AvgIpc) is 3.14. The number of carbonyl (C=O) groups excluding carboxylic acids is 1. The Hall–Kier alpha value is -4.11. The molecule has 2 aromatic carbocycles. The fraction of sp³-hybridized carbons (Fsp3) is 0.240. The molecule has 0 unspecified atom stereocenters. The highest BCUT2D eigenvalue weighted by molar-refractivity contribution is 5.92. The zero-order valence-corrected chi connectivity index (χ0v) is 19.7. The number of rotatable bonds is 9. The van der Waals surface area contributed by atoms with Crippen LogP contribution >= 0.6 is 0 Å². The lowest BCUT2D eigenvalue weighted by Crippen LogP contribution is -2.27. The first-order valence-corrected chi connectivity index (χ1v) is 10.9. The van der Waals surface area contributed by atoms with Crippen LogP contribution in [0.3, 0.4) is 0 Å². The number of hydrogen-bond donors (Lipinski definition) is 2. The second kappa shape index (κ2) is 10.2. The Kier molecular flexibility index (Phi) is 6.93. The van der Waals surface area contributed by atoms with Gasteiger partial charge in [0.15, 0.2) is 0 Å². The molecule has 0 fully saturated rings. The summed E-state index contributed by atoms with van der Waals surface area (Å²) in [6.45, 7) is 0.846. The fourth-order valence-electron chi connectivity index (χ4n) is 3.42. The number of aromatic nitrogens is 3. The number of nitrogens with one attached hydrogen (secondary N) is 2. The topological polar surface area (TPSA) is 93.5 Å². The largest absolute Gasteiger partial charge is 0.457 e. The molecule has 0 spiro atoms. The van der Waals surface area contributed by atoms with Crippen molar-refractivity contribution in [3.63, 3.8) is 0 Å². The van der Waals surface area contributed by atoms with Crippen molar-refractivity contribution in [1.82, 2.24) is 19.9 Å². The van der Waals surface area contributed by atoms with E-state index in [2.05, 4.69) is 32.7 Å². The van der Waals surface area contributed by atoms with E-state index in [-0.39, 0.29) is 11.6 Å². The normalized spacial score (nSPS) is 10.8. The van der Waals surface area contributed by atoms with Gasteiger partial charge < -0.3 is 29.6 Å². The molecule has 0 aliphatic rings. The molecule has 9 nitrogen and oxygen atoms in total. The molecule has 4 aromatic rings. The van der Waals surface area contributed by atoms with Gasteiger partial charge in [0.25, 0.3) is 5.91 Å². The van der Waals surface area contributed by atoms with Crippen LogP contribution in [0.15, 0.2) is 60.8 Å². The Balaban J connectivity index is 1.50. The fourth-order valence-corrected chi connectivity index (χ4v) is 3.42. The van der Waals surface area contributed by atoms with E-state index in [9.17, 15) is 4.79 Å². The number of amides is 1. The van der Waals surface area contributed by atoms with Crippen LogP contribution in [-0.4, -0.2) is 54.8 Å². The molecule has 0 aliphatic heterocycles. The second-order valence-electron chi connectivity index (χ2n) is 7.94. The van der Waals surface area contributed by atoms with Gasteiger partial charge in [-0.2, -0.15) is 0 Å². The van der Waals surface area contributed by atoms with Gasteiger partial charge in [-0.15, -0.1) is 0 Å². The highest BCUT2D eigenvalue weighted by atomic mass is 16.5. The highest BCUT2D eigenvalue weighted by Gasteiger charge is 2.12. The predicted molar refractivity (Wildman–Crippen MR) is 133 cm³/mol. The van der Waals surface area contributed by atoms with Gasteiger partial charge in [-0.3, -0.25) is 9.78 Å². The zero-order chi connectivity index (χ0) is 24.1. The van der Waals surface area contributed by atoms with E-state index in [0.717, 1.165) is 28.4 Å². The minimum atomic E-state index is -0.281. The van der Waals surface area contributed by atoms with E-state index < -0.39 is 0 Å².